The van der Waals surface area contributed by atoms with Crippen LogP contribution in [0.2, 0.25) is 0 Å². The van der Waals surface area contributed by atoms with Crippen LogP contribution < -0.4 is 9.47 Å². The quantitative estimate of drug-likeness (QED) is 0.729. The smallest absolute Gasteiger partial charge is 0.187 e. The first-order valence-corrected chi connectivity index (χ1v) is 6.12. The molecule has 3 rings (SSSR count). The van der Waals surface area contributed by atoms with Gasteiger partial charge in [0.05, 0.1) is 14.2 Å². The van der Waals surface area contributed by atoms with Crippen LogP contribution in [-0.2, 0) is 0 Å². The number of benzene rings is 1. The van der Waals surface area contributed by atoms with Gasteiger partial charge in [-0.1, -0.05) is 0 Å². The van der Waals surface area contributed by atoms with Crippen molar-refractivity contribution in [3.63, 3.8) is 0 Å². The first-order chi connectivity index (χ1) is 9.76. The molecule has 0 N–H and O–H groups in total. The maximum Gasteiger partial charge on any atom is 0.187 e. The molecule has 2 heterocycles. The third-order valence-corrected chi connectivity index (χ3v) is 3.18. The summed E-state index contributed by atoms with van der Waals surface area (Å²) in [6, 6.07) is 3.77. The van der Waals surface area contributed by atoms with E-state index in [1.807, 2.05) is 29.8 Å². The van der Waals surface area contributed by atoms with E-state index in [1.54, 1.807) is 20.4 Å². The maximum atomic E-state index is 5.41. The van der Waals surface area contributed by atoms with Gasteiger partial charge in [0, 0.05) is 17.8 Å². The number of aryl methyl sites for hydroxylation is 1. The summed E-state index contributed by atoms with van der Waals surface area (Å²) in [5.41, 5.74) is 0.713. The van der Waals surface area contributed by atoms with E-state index in [-0.39, 0.29) is 0 Å². The summed E-state index contributed by atoms with van der Waals surface area (Å²) in [6.07, 6.45) is 5.12. The van der Waals surface area contributed by atoms with Crippen LogP contribution in [0.15, 0.2) is 30.9 Å². The van der Waals surface area contributed by atoms with Crippen LogP contribution in [0.4, 0.5) is 0 Å². The molecule has 3 aromatic rings. The van der Waals surface area contributed by atoms with Gasteiger partial charge in [-0.3, -0.25) is 4.57 Å². The summed E-state index contributed by atoms with van der Waals surface area (Å²) in [7, 11) is 3.20. The molecule has 102 valence electrons. The highest BCUT2D eigenvalue weighted by atomic mass is 16.5. The van der Waals surface area contributed by atoms with Gasteiger partial charge in [0.1, 0.15) is 23.5 Å². The number of hydrogen-bond donors (Lipinski definition) is 0. The Balaban J connectivity index is 2.34. The molecule has 0 unspecified atom stereocenters. The van der Waals surface area contributed by atoms with Crippen LogP contribution in [0.1, 0.15) is 5.82 Å². The monoisotopic (exact) mass is 270 g/mol. The van der Waals surface area contributed by atoms with Crippen molar-refractivity contribution >= 4 is 10.9 Å². The number of methoxy groups -OCH3 is 2. The van der Waals surface area contributed by atoms with E-state index in [4.69, 9.17) is 9.47 Å². The Hall–Kier alpha value is -2.63. The van der Waals surface area contributed by atoms with Crippen LogP contribution >= 0.6 is 0 Å². The first kappa shape index (κ1) is 12.4. The van der Waals surface area contributed by atoms with Gasteiger partial charge in [0.25, 0.3) is 0 Å². The number of aromatic nitrogens is 4. The van der Waals surface area contributed by atoms with E-state index < -0.39 is 0 Å². The number of nitrogens with zero attached hydrogens (tertiary/aromatic N) is 4. The number of fused-ring (bicyclic) bond motifs is 1. The highest BCUT2D eigenvalue weighted by Crippen LogP contribution is 2.35. The highest BCUT2D eigenvalue weighted by Gasteiger charge is 2.14. The van der Waals surface area contributed by atoms with Gasteiger partial charge in [0.2, 0.25) is 0 Å². The first-order valence-electron chi connectivity index (χ1n) is 6.12. The zero-order valence-electron chi connectivity index (χ0n) is 11.5. The summed E-state index contributed by atoms with van der Waals surface area (Å²) in [6.45, 7) is 1.93. The fourth-order valence-electron chi connectivity index (χ4n) is 2.22. The Kier molecular flexibility index (Phi) is 2.98. The molecule has 20 heavy (non-hydrogen) atoms. The molecule has 1 aromatic carbocycles. The number of rotatable bonds is 3. The molecule has 0 radical (unpaired) electrons. The molecule has 6 heteroatoms. The van der Waals surface area contributed by atoms with Gasteiger partial charge >= 0.3 is 0 Å². The van der Waals surface area contributed by atoms with Crippen molar-refractivity contribution in [3.8, 4) is 17.3 Å². The predicted octanol–water partition coefficient (Wildman–Crippen LogP) is 2.14. The van der Waals surface area contributed by atoms with Crippen molar-refractivity contribution < 1.29 is 9.47 Å². The van der Waals surface area contributed by atoms with E-state index in [9.17, 15) is 0 Å². The minimum atomic E-state index is 0.603. The molecule has 0 aliphatic rings. The third kappa shape index (κ3) is 1.77. The molecule has 6 nitrogen and oxygen atoms in total. The second kappa shape index (κ2) is 4.80. The average molecular weight is 270 g/mol. The van der Waals surface area contributed by atoms with Gasteiger partial charge in [-0.25, -0.2) is 15.0 Å². The molecule has 0 saturated carbocycles. The molecular formula is C14H14N4O2. The van der Waals surface area contributed by atoms with Crippen LogP contribution in [0.25, 0.3) is 16.7 Å². The fourth-order valence-corrected chi connectivity index (χ4v) is 2.22. The number of imidazole rings is 1. The van der Waals surface area contributed by atoms with E-state index >= 15 is 0 Å². The third-order valence-electron chi connectivity index (χ3n) is 3.18. The molecule has 0 fully saturated rings. The lowest BCUT2D eigenvalue weighted by atomic mass is 10.2. The molecule has 0 aliphatic heterocycles. The van der Waals surface area contributed by atoms with E-state index in [1.165, 1.54) is 6.33 Å². The van der Waals surface area contributed by atoms with Gasteiger partial charge in [0.15, 0.2) is 11.5 Å². The fraction of sp³-hybridized carbons (Fsp3) is 0.214. The summed E-state index contributed by atoms with van der Waals surface area (Å²) in [5, 5.41) is 0.881. The Morgan fingerprint density at radius 3 is 2.55 bits per heavy atom. The lowest BCUT2D eigenvalue weighted by Crippen LogP contribution is -2.02. The Bertz CT molecular complexity index is 767. The van der Waals surface area contributed by atoms with Crippen molar-refractivity contribution in [2.75, 3.05) is 14.2 Å². The Labute approximate surface area is 116 Å². The van der Waals surface area contributed by atoms with Crippen molar-refractivity contribution in [3.05, 3.63) is 36.7 Å². The molecule has 0 atom stereocenters. The normalized spacial score (nSPS) is 10.8. The second-order valence-corrected chi connectivity index (χ2v) is 4.24. The lowest BCUT2D eigenvalue weighted by Gasteiger charge is -2.12. The summed E-state index contributed by atoms with van der Waals surface area (Å²) in [5.74, 6) is 2.88. The topological polar surface area (TPSA) is 62.1 Å². The summed E-state index contributed by atoms with van der Waals surface area (Å²) in [4.78, 5) is 12.9. The van der Waals surface area contributed by atoms with Crippen molar-refractivity contribution in [2.45, 2.75) is 6.92 Å². The van der Waals surface area contributed by atoms with E-state index in [0.29, 0.717) is 17.0 Å². The van der Waals surface area contributed by atoms with Crippen LogP contribution in [0.3, 0.4) is 0 Å². The van der Waals surface area contributed by atoms with Crippen LogP contribution in [0.5, 0.6) is 11.5 Å². The Morgan fingerprint density at radius 1 is 1.05 bits per heavy atom. The van der Waals surface area contributed by atoms with Crippen LogP contribution in [-0.4, -0.2) is 33.7 Å². The van der Waals surface area contributed by atoms with Crippen molar-refractivity contribution in [1.82, 2.24) is 19.5 Å². The largest absolute Gasteiger partial charge is 0.493 e. The van der Waals surface area contributed by atoms with Crippen molar-refractivity contribution in [2.24, 2.45) is 0 Å². The van der Waals surface area contributed by atoms with Crippen LogP contribution in [0, 0.1) is 6.92 Å². The van der Waals surface area contributed by atoms with Gasteiger partial charge in [-0.05, 0) is 19.1 Å². The summed E-state index contributed by atoms with van der Waals surface area (Å²) >= 11 is 0. The second-order valence-electron chi connectivity index (χ2n) is 4.24. The minimum Gasteiger partial charge on any atom is -0.493 e. The molecule has 0 saturated heterocycles. The Morgan fingerprint density at radius 2 is 1.90 bits per heavy atom. The molecule has 0 amide bonds. The number of ether oxygens (including phenoxy) is 2. The molecule has 0 aliphatic carbocycles. The van der Waals surface area contributed by atoms with E-state index in [2.05, 4.69) is 15.0 Å². The van der Waals surface area contributed by atoms with Gasteiger partial charge in [-0.15, -0.1) is 0 Å². The predicted molar refractivity (Wildman–Crippen MR) is 74.5 cm³/mol. The standard InChI is InChI=1S/C14H14N4O2/c1-9-15-6-7-18(9)14-10-4-5-11(19-2)13(20-3)12(10)16-8-17-14/h4-8H,1-3H3. The molecule has 0 spiro atoms. The minimum absolute atomic E-state index is 0.603. The zero-order chi connectivity index (χ0) is 14.1. The zero-order valence-corrected chi connectivity index (χ0v) is 11.5. The molecule has 2 aromatic heterocycles. The van der Waals surface area contributed by atoms with Crippen molar-refractivity contribution in [1.29, 1.82) is 0 Å². The van der Waals surface area contributed by atoms with Gasteiger partial charge < -0.3 is 9.47 Å². The van der Waals surface area contributed by atoms with Gasteiger partial charge in [-0.2, -0.15) is 0 Å². The summed E-state index contributed by atoms with van der Waals surface area (Å²) < 4.78 is 12.6. The molecular weight excluding hydrogens is 256 g/mol. The van der Waals surface area contributed by atoms with E-state index in [0.717, 1.165) is 17.0 Å². The number of hydrogen-bond acceptors (Lipinski definition) is 5. The SMILES string of the molecule is COc1ccc2c(-n3ccnc3C)ncnc2c1OC. The highest BCUT2D eigenvalue weighted by molar-refractivity contribution is 5.92. The lowest BCUT2D eigenvalue weighted by molar-refractivity contribution is 0.358. The molecule has 0 bridgehead atoms. The maximum absolute atomic E-state index is 5.41. The average Bonchev–Trinajstić information content (AvgIpc) is 2.91.